The Morgan fingerprint density at radius 2 is 1.89 bits per heavy atom. The maximum Gasteiger partial charge on any atom is 0.318 e. The van der Waals surface area contributed by atoms with E-state index in [1.165, 1.54) is 15.4 Å². The highest BCUT2D eigenvalue weighted by atomic mass is 32.2. The molecule has 4 fully saturated rings. The van der Waals surface area contributed by atoms with Crippen molar-refractivity contribution in [3.8, 4) is 17.4 Å². The predicted octanol–water partition coefficient (Wildman–Crippen LogP) is 5.01. The SMILES string of the molecule is Cc1c(O)ccc2c(O[C@@H]3C[C@@H](C(N)=O)N(C(=O)[C@H](CCCCC/C=C4/CC[C@H](C(=O)NSC5(C)CC5)C4)NC(=O)N4CC(C)(O)C4)C3)cc(OC(C)C)nc12. The van der Waals surface area contributed by atoms with Crippen LogP contribution in [0.5, 0.6) is 17.4 Å². The summed E-state index contributed by atoms with van der Waals surface area (Å²) >= 11 is 1.57. The number of nitrogens with one attached hydrogen (secondary N) is 2. The number of fused-ring (bicyclic) bond motifs is 1. The molecule has 6 N–H and O–H groups in total. The van der Waals surface area contributed by atoms with E-state index >= 15 is 0 Å². The number of carbonyl (C=O) groups is 4. The number of amides is 5. The fourth-order valence-electron chi connectivity index (χ4n) is 7.76. The second-order valence-electron chi connectivity index (χ2n) is 16.9. The van der Waals surface area contributed by atoms with Gasteiger partial charge in [-0.15, -0.1) is 0 Å². The van der Waals surface area contributed by atoms with Crippen LogP contribution in [0.3, 0.4) is 0 Å². The Morgan fingerprint density at radius 1 is 1.14 bits per heavy atom. The number of phenols is 1. The number of allylic oxidation sites excluding steroid dienone is 2. The van der Waals surface area contributed by atoms with Crippen molar-refractivity contribution in [2.45, 2.75) is 140 Å². The van der Waals surface area contributed by atoms with Crippen molar-refractivity contribution in [1.29, 1.82) is 0 Å². The van der Waals surface area contributed by atoms with E-state index in [9.17, 15) is 29.4 Å². The van der Waals surface area contributed by atoms with Gasteiger partial charge in [0, 0.05) is 34.1 Å². The zero-order chi connectivity index (χ0) is 40.4. The van der Waals surface area contributed by atoms with Crippen LogP contribution in [0.25, 0.3) is 10.9 Å². The number of nitrogens with two attached hydrogens (primary N) is 1. The smallest absolute Gasteiger partial charge is 0.318 e. The normalized spacial score (nSPS) is 23.6. The van der Waals surface area contributed by atoms with Gasteiger partial charge in [0.15, 0.2) is 0 Å². The maximum atomic E-state index is 14.3. The van der Waals surface area contributed by atoms with Crippen molar-refractivity contribution in [2.24, 2.45) is 11.7 Å². The molecule has 2 aromatic rings. The lowest BCUT2D eigenvalue weighted by molar-refractivity contribution is -0.139. The summed E-state index contributed by atoms with van der Waals surface area (Å²) in [4.78, 5) is 60.4. The predicted molar refractivity (Wildman–Crippen MR) is 214 cm³/mol. The van der Waals surface area contributed by atoms with Gasteiger partial charge in [0.25, 0.3) is 0 Å². The molecule has 0 radical (unpaired) electrons. The van der Waals surface area contributed by atoms with Crippen LogP contribution in [-0.4, -0.2) is 103 Å². The molecule has 0 bridgehead atoms. The number of ether oxygens (including phenoxy) is 2. The highest BCUT2D eigenvalue weighted by Crippen LogP contribution is 2.46. The van der Waals surface area contributed by atoms with Crippen LogP contribution in [-0.2, 0) is 14.4 Å². The van der Waals surface area contributed by atoms with Gasteiger partial charge in [0.2, 0.25) is 23.6 Å². The molecule has 5 amide bonds. The minimum atomic E-state index is -0.979. The Morgan fingerprint density at radius 3 is 2.57 bits per heavy atom. The summed E-state index contributed by atoms with van der Waals surface area (Å²) in [7, 11) is 0. The number of urea groups is 1. The number of aryl methyl sites for hydroxylation is 1. The lowest BCUT2D eigenvalue weighted by Crippen LogP contribution is -2.65. The van der Waals surface area contributed by atoms with Crippen LogP contribution in [0.4, 0.5) is 4.79 Å². The first-order valence-electron chi connectivity index (χ1n) is 20.0. The number of rotatable bonds is 16. The number of β-amino-alcohol motifs (C(OH)–C–C–N with tert-alkyl or cyclic N) is 1. The number of primary amides is 1. The first-order chi connectivity index (χ1) is 26.5. The van der Waals surface area contributed by atoms with Crippen LogP contribution >= 0.6 is 11.9 Å². The zero-order valence-electron chi connectivity index (χ0n) is 33.3. The van der Waals surface area contributed by atoms with Gasteiger partial charge in [0.05, 0.1) is 36.9 Å². The van der Waals surface area contributed by atoms with Crippen molar-refractivity contribution in [3.05, 3.63) is 35.4 Å². The van der Waals surface area contributed by atoms with Crippen LogP contribution in [0.1, 0.15) is 104 Å². The minimum Gasteiger partial charge on any atom is -0.508 e. The van der Waals surface area contributed by atoms with Gasteiger partial charge < -0.3 is 40.5 Å². The van der Waals surface area contributed by atoms with E-state index in [1.807, 2.05) is 13.8 Å². The Balaban J connectivity index is 1.08. The van der Waals surface area contributed by atoms with Gasteiger partial charge in [-0.2, -0.15) is 0 Å². The number of carbonyl (C=O) groups excluding carboxylic acids is 4. The number of pyridine rings is 1. The molecule has 306 valence electrons. The lowest BCUT2D eigenvalue weighted by Gasteiger charge is -2.44. The van der Waals surface area contributed by atoms with Crippen molar-refractivity contribution >= 4 is 46.6 Å². The topological polar surface area (TPSA) is 197 Å². The van der Waals surface area contributed by atoms with Gasteiger partial charge in [-0.05, 0) is 110 Å². The number of likely N-dealkylation sites (tertiary alicyclic amines) is 2. The molecule has 1 aromatic heterocycles. The third-order valence-corrected chi connectivity index (χ3v) is 12.5. The van der Waals surface area contributed by atoms with Crippen molar-refractivity contribution in [2.75, 3.05) is 19.6 Å². The van der Waals surface area contributed by atoms with Gasteiger partial charge in [-0.1, -0.05) is 24.5 Å². The fourth-order valence-corrected chi connectivity index (χ4v) is 8.58. The molecule has 6 rings (SSSR count). The van der Waals surface area contributed by atoms with E-state index < -0.39 is 41.6 Å². The van der Waals surface area contributed by atoms with E-state index in [-0.39, 0.29) is 54.5 Å². The van der Waals surface area contributed by atoms with Crippen LogP contribution in [0.2, 0.25) is 0 Å². The number of aliphatic hydroxyl groups is 1. The summed E-state index contributed by atoms with van der Waals surface area (Å²) in [6, 6.07) is 2.61. The summed E-state index contributed by atoms with van der Waals surface area (Å²) < 4.78 is 15.6. The second-order valence-corrected chi connectivity index (χ2v) is 18.3. The first kappa shape index (κ1) is 41.4. The minimum absolute atomic E-state index is 0.0282. The quantitative estimate of drug-likeness (QED) is 0.0876. The lowest BCUT2D eigenvalue weighted by atomic mass is 9.97. The summed E-state index contributed by atoms with van der Waals surface area (Å²) in [6.45, 7) is 9.69. The Labute approximate surface area is 333 Å². The third kappa shape index (κ3) is 10.2. The summed E-state index contributed by atoms with van der Waals surface area (Å²) in [5, 5.41) is 24.1. The Kier molecular flexibility index (Phi) is 12.6. The monoisotopic (exact) mass is 794 g/mol. The standard InChI is InChI=1S/C41H58N6O8S/c1-24(2)54-34-20-33(29-14-15-32(48)25(3)35(29)44-34)55-28-19-31(36(42)49)47(21-28)38(51)30(43-39(52)46-22-40(4,53)23-46)11-9-7-6-8-10-26-12-13-27(18-26)37(50)45-56-41(5)16-17-41/h10,14-15,20,24,27-28,30-31,48,53H,6-9,11-13,16-19,21-23H2,1-5H3,(H2,42,49)(H,43,52)(H,45,50)/b26-10-/t27-,28+,30-,31-/m0/s1. The molecule has 4 aliphatic rings. The number of nitrogens with zero attached hydrogens (tertiary/aromatic N) is 3. The number of aromatic hydroxyl groups is 1. The highest BCUT2D eigenvalue weighted by Gasteiger charge is 2.44. The summed E-state index contributed by atoms with van der Waals surface area (Å²) in [5.74, 6) is -0.112. The molecule has 15 heteroatoms. The highest BCUT2D eigenvalue weighted by molar-refractivity contribution is 7.99. The van der Waals surface area contributed by atoms with E-state index in [2.05, 4.69) is 28.0 Å². The van der Waals surface area contributed by atoms with Gasteiger partial charge in [-0.3, -0.25) is 19.1 Å². The molecule has 2 saturated carbocycles. The van der Waals surface area contributed by atoms with Crippen LogP contribution in [0, 0.1) is 12.8 Å². The van der Waals surface area contributed by atoms with E-state index in [0.717, 1.165) is 51.4 Å². The molecule has 56 heavy (non-hydrogen) atoms. The Bertz CT molecular complexity index is 1840. The van der Waals surface area contributed by atoms with E-state index in [4.69, 9.17) is 15.2 Å². The summed E-state index contributed by atoms with van der Waals surface area (Å²) in [5.41, 5.74) is 7.27. The average Bonchev–Trinajstić information content (AvgIpc) is 3.47. The number of hydrogen-bond donors (Lipinski definition) is 5. The molecule has 2 saturated heterocycles. The van der Waals surface area contributed by atoms with Crippen LogP contribution in [0.15, 0.2) is 29.8 Å². The number of hydrogen-bond acceptors (Lipinski definition) is 10. The molecule has 2 aliphatic carbocycles. The van der Waals surface area contributed by atoms with Gasteiger partial charge in [-0.25, -0.2) is 9.78 Å². The zero-order valence-corrected chi connectivity index (χ0v) is 34.1. The molecule has 4 atom stereocenters. The van der Waals surface area contributed by atoms with Crippen molar-refractivity contribution in [3.63, 3.8) is 0 Å². The van der Waals surface area contributed by atoms with Crippen molar-refractivity contribution in [1.82, 2.24) is 24.8 Å². The molecule has 0 unspecified atom stereocenters. The largest absolute Gasteiger partial charge is 0.508 e. The number of unbranched alkanes of at least 4 members (excludes halogenated alkanes) is 3. The molecule has 14 nitrogen and oxygen atoms in total. The van der Waals surface area contributed by atoms with E-state index in [1.54, 1.807) is 44.0 Å². The molecule has 1 aromatic carbocycles. The molecular weight excluding hydrogens is 737 g/mol. The fraction of sp³-hybridized carbons (Fsp3) is 0.634. The first-order valence-corrected chi connectivity index (χ1v) is 20.8. The number of aromatic nitrogens is 1. The Hall–Kier alpha value is -4.24. The third-order valence-electron chi connectivity index (χ3n) is 11.3. The molecule has 2 aliphatic heterocycles. The number of benzene rings is 1. The van der Waals surface area contributed by atoms with E-state index in [0.29, 0.717) is 40.9 Å². The second kappa shape index (κ2) is 17.1. The van der Waals surface area contributed by atoms with Crippen LogP contribution < -0.4 is 25.2 Å². The maximum absolute atomic E-state index is 14.3. The van der Waals surface area contributed by atoms with Crippen molar-refractivity contribution < 1.29 is 38.9 Å². The number of phenolic OH excluding ortho intramolecular Hbond substituents is 1. The molecule has 0 spiro atoms. The molecule has 3 heterocycles. The molecular formula is C41H58N6O8S. The summed E-state index contributed by atoms with van der Waals surface area (Å²) in [6.07, 6.45) is 10.1. The van der Waals surface area contributed by atoms with Gasteiger partial charge in [0.1, 0.15) is 29.7 Å². The van der Waals surface area contributed by atoms with Gasteiger partial charge >= 0.3 is 6.03 Å². The average molecular weight is 795 g/mol.